The first kappa shape index (κ1) is 12.1. The van der Waals surface area contributed by atoms with Crippen LogP contribution in [0, 0.1) is 0 Å². The van der Waals surface area contributed by atoms with Gasteiger partial charge in [0.15, 0.2) is 6.10 Å². The van der Waals surface area contributed by atoms with Crippen LogP contribution >= 0.6 is 0 Å². The van der Waals surface area contributed by atoms with Crippen LogP contribution < -0.4 is 0 Å². The molecule has 5 nitrogen and oxygen atoms in total. The molecule has 2 rings (SSSR count). The van der Waals surface area contributed by atoms with Gasteiger partial charge in [-0.05, 0) is 28.5 Å². The fourth-order valence-electron chi connectivity index (χ4n) is 1.81. The Labute approximate surface area is 102 Å². The second-order valence-electron chi connectivity index (χ2n) is 3.84. The van der Waals surface area contributed by atoms with E-state index < -0.39 is 18.0 Å². The van der Waals surface area contributed by atoms with Gasteiger partial charge in [-0.2, -0.15) is 0 Å². The molecule has 2 aromatic rings. The lowest BCUT2D eigenvalue weighted by molar-refractivity contribution is -0.146. The second kappa shape index (κ2) is 4.46. The standard InChI is InChI=1S/C13H10O5/c14-11(13(17)18)8-5-7-3-1-2-4-9(7)10(6-8)12(15)16/h1-6,11,14H,(H,15,16)(H,17,18). The third-order valence-corrected chi connectivity index (χ3v) is 2.66. The molecule has 0 saturated heterocycles. The molecule has 0 bridgehead atoms. The van der Waals surface area contributed by atoms with Crippen LogP contribution in [-0.2, 0) is 4.79 Å². The van der Waals surface area contributed by atoms with Crippen molar-refractivity contribution in [1.82, 2.24) is 0 Å². The van der Waals surface area contributed by atoms with Gasteiger partial charge < -0.3 is 15.3 Å². The number of aliphatic hydroxyl groups excluding tert-OH is 1. The van der Waals surface area contributed by atoms with Crippen LogP contribution in [0.4, 0.5) is 0 Å². The van der Waals surface area contributed by atoms with Crippen molar-refractivity contribution in [2.45, 2.75) is 6.10 Å². The van der Waals surface area contributed by atoms with Gasteiger partial charge in [0.1, 0.15) is 0 Å². The van der Waals surface area contributed by atoms with Gasteiger partial charge in [-0.1, -0.05) is 24.3 Å². The Bertz CT molecular complexity index is 632. The fourth-order valence-corrected chi connectivity index (χ4v) is 1.81. The van der Waals surface area contributed by atoms with Crippen molar-refractivity contribution in [2.24, 2.45) is 0 Å². The largest absolute Gasteiger partial charge is 0.479 e. The molecule has 18 heavy (non-hydrogen) atoms. The van der Waals surface area contributed by atoms with Gasteiger partial charge in [0.05, 0.1) is 5.56 Å². The van der Waals surface area contributed by atoms with Gasteiger partial charge in [0.2, 0.25) is 0 Å². The number of hydrogen-bond donors (Lipinski definition) is 3. The van der Waals surface area contributed by atoms with Crippen molar-refractivity contribution in [3.63, 3.8) is 0 Å². The molecule has 0 aliphatic carbocycles. The Hall–Kier alpha value is -2.40. The van der Waals surface area contributed by atoms with Gasteiger partial charge in [0.25, 0.3) is 0 Å². The number of aliphatic hydroxyl groups is 1. The van der Waals surface area contributed by atoms with Crippen molar-refractivity contribution in [2.75, 3.05) is 0 Å². The minimum absolute atomic E-state index is 0.0246. The summed E-state index contributed by atoms with van der Waals surface area (Å²) >= 11 is 0. The summed E-state index contributed by atoms with van der Waals surface area (Å²) in [6.07, 6.45) is -1.73. The number of carboxylic acids is 2. The van der Waals surface area contributed by atoms with E-state index in [4.69, 9.17) is 10.2 Å². The maximum Gasteiger partial charge on any atom is 0.337 e. The molecule has 0 fully saturated rings. The van der Waals surface area contributed by atoms with Crippen LogP contribution in [0.2, 0.25) is 0 Å². The first-order valence-corrected chi connectivity index (χ1v) is 5.17. The van der Waals surface area contributed by atoms with E-state index in [2.05, 4.69) is 0 Å². The highest BCUT2D eigenvalue weighted by atomic mass is 16.4. The van der Waals surface area contributed by atoms with Crippen LogP contribution in [0.1, 0.15) is 22.0 Å². The molecule has 0 aromatic heterocycles. The monoisotopic (exact) mass is 246 g/mol. The van der Waals surface area contributed by atoms with Crippen molar-refractivity contribution >= 4 is 22.7 Å². The summed E-state index contributed by atoms with van der Waals surface area (Å²) in [5, 5.41) is 28.4. The van der Waals surface area contributed by atoms with E-state index in [1.165, 1.54) is 12.1 Å². The molecule has 0 aliphatic rings. The van der Waals surface area contributed by atoms with Crippen LogP contribution in [0.25, 0.3) is 10.8 Å². The van der Waals surface area contributed by atoms with Gasteiger partial charge in [0, 0.05) is 0 Å². The van der Waals surface area contributed by atoms with E-state index in [1.54, 1.807) is 24.3 Å². The lowest BCUT2D eigenvalue weighted by atomic mass is 9.98. The topological polar surface area (TPSA) is 94.8 Å². The van der Waals surface area contributed by atoms with Crippen LogP contribution in [-0.4, -0.2) is 27.3 Å². The molecule has 1 unspecified atom stereocenters. The SMILES string of the molecule is O=C(O)c1cc(C(O)C(=O)O)cc2ccccc12. The zero-order chi connectivity index (χ0) is 13.3. The molecule has 0 saturated carbocycles. The average molecular weight is 246 g/mol. The molecule has 2 aromatic carbocycles. The summed E-state index contributed by atoms with van der Waals surface area (Å²) in [7, 11) is 0. The Morgan fingerprint density at radius 2 is 1.72 bits per heavy atom. The predicted octanol–water partition coefficient (Wildman–Crippen LogP) is 1.66. The smallest absolute Gasteiger partial charge is 0.337 e. The average Bonchev–Trinajstić information content (AvgIpc) is 2.36. The first-order chi connectivity index (χ1) is 8.50. The number of aromatic carboxylic acids is 1. The van der Waals surface area contributed by atoms with E-state index in [9.17, 15) is 14.7 Å². The highest BCUT2D eigenvalue weighted by Crippen LogP contribution is 2.25. The van der Waals surface area contributed by atoms with Crippen molar-refractivity contribution in [3.05, 3.63) is 47.5 Å². The Kier molecular flexibility index (Phi) is 2.99. The van der Waals surface area contributed by atoms with E-state index in [0.29, 0.717) is 10.8 Å². The molecular weight excluding hydrogens is 236 g/mol. The fraction of sp³-hybridized carbons (Fsp3) is 0.0769. The highest BCUT2D eigenvalue weighted by Gasteiger charge is 2.19. The quantitative estimate of drug-likeness (QED) is 0.765. The lowest BCUT2D eigenvalue weighted by Crippen LogP contribution is -2.11. The summed E-state index contributed by atoms with van der Waals surface area (Å²) in [5.74, 6) is -2.58. The molecule has 1 atom stereocenters. The number of fused-ring (bicyclic) bond motifs is 1. The number of aliphatic carboxylic acids is 1. The van der Waals surface area contributed by atoms with Gasteiger partial charge in [-0.25, -0.2) is 9.59 Å². The number of hydrogen-bond acceptors (Lipinski definition) is 3. The highest BCUT2D eigenvalue weighted by molar-refractivity contribution is 6.04. The van der Waals surface area contributed by atoms with Crippen LogP contribution in [0.15, 0.2) is 36.4 Å². The maximum absolute atomic E-state index is 11.1. The van der Waals surface area contributed by atoms with Crippen molar-refractivity contribution < 1.29 is 24.9 Å². The van der Waals surface area contributed by atoms with Gasteiger partial charge in [-0.3, -0.25) is 0 Å². The number of rotatable bonds is 3. The first-order valence-electron chi connectivity index (χ1n) is 5.17. The third kappa shape index (κ3) is 2.03. The van der Waals surface area contributed by atoms with E-state index >= 15 is 0 Å². The summed E-state index contributed by atoms with van der Waals surface area (Å²) in [5.41, 5.74) is 0.0296. The van der Waals surface area contributed by atoms with Crippen LogP contribution in [0.3, 0.4) is 0 Å². The lowest BCUT2D eigenvalue weighted by Gasteiger charge is -2.10. The van der Waals surface area contributed by atoms with E-state index in [1.807, 2.05) is 0 Å². The molecule has 0 amide bonds. The third-order valence-electron chi connectivity index (χ3n) is 2.66. The number of benzene rings is 2. The Balaban J connectivity index is 2.72. The predicted molar refractivity (Wildman–Crippen MR) is 63.5 cm³/mol. The summed E-state index contributed by atoms with van der Waals surface area (Å²) in [6.45, 7) is 0. The van der Waals surface area contributed by atoms with Crippen molar-refractivity contribution in [3.8, 4) is 0 Å². The molecular formula is C13H10O5. The summed E-state index contributed by atoms with van der Waals surface area (Å²) in [6, 6.07) is 9.37. The van der Waals surface area contributed by atoms with Crippen molar-refractivity contribution in [1.29, 1.82) is 0 Å². The summed E-state index contributed by atoms with van der Waals surface area (Å²) < 4.78 is 0. The molecule has 0 aliphatic heterocycles. The maximum atomic E-state index is 11.1. The summed E-state index contributed by atoms with van der Waals surface area (Å²) in [4.78, 5) is 21.9. The molecule has 3 N–H and O–H groups in total. The van der Waals surface area contributed by atoms with Gasteiger partial charge in [-0.15, -0.1) is 0 Å². The Morgan fingerprint density at radius 1 is 1.06 bits per heavy atom. The van der Waals surface area contributed by atoms with Crippen LogP contribution in [0.5, 0.6) is 0 Å². The van der Waals surface area contributed by atoms with E-state index in [0.717, 1.165) is 0 Å². The molecule has 5 heteroatoms. The van der Waals surface area contributed by atoms with E-state index in [-0.39, 0.29) is 11.1 Å². The van der Waals surface area contributed by atoms with Gasteiger partial charge >= 0.3 is 11.9 Å². The zero-order valence-electron chi connectivity index (χ0n) is 9.20. The number of carboxylic acid groups (broad SMARTS) is 2. The second-order valence-corrected chi connectivity index (χ2v) is 3.84. The number of carbonyl (C=O) groups is 2. The Morgan fingerprint density at radius 3 is 2.33 bits per heavy atom. The minimum Gasteiger partial charge on any atom is -0.479 e. The molecule has 0 radical (unpaired) electrons. The molecule has 0 heterocycles. The minimum atomic E-state index is -1.73. The normalized spacial score (nSPS) is 12.3. The molecule has 0 spiro atoms. The molecule has 92 valence electrons. The zero-order valence-corrected chi connectivity index (χ0v) is 9.20.